The number of halogens is 2. The van der Waals surface area contributed by atoms with E-state index in [4.69, 9.17) is 47.6 Å². The van der Waals surface area contributed by atoms with Crippen LogP contribution in [0.4, 0.5) is 10.9 Å². The number of aryl methyl sites for hydroxylation is 1. The van der Waals surface area contributed by atoms with Crippen LogP contribution in [-0.2, 0) is 9.47 Å². The van der Waals surface area contributed by atoms with Gasteiger partial charge in [-0.05, 0) is 58.5 Å². The Balaban J connectivity index is 1.11. The highest BCUT2D eigenvalue weighted by Crippen LogP contribution is 2.37. The first-order valence-corrected chi connectivity index (χ1v) is 18.7. The van der Waals surface area contributed by atoms with Crippen LogP contribution in [0.5, 0.6) is 0 Å². The molecule has 6 rings (SSSR count). The third-order valence-electron chi connectivity index (χ3n) is 9.94. The van der Waals surface area contributed by atoms with Crippen molar-refractivity contribution in [1.82, 2.24) is 29.7 Å². The molecule has 1 unspecified atom stereocenters. The number of carbonyl (C=O) groups excluding carboxylic acids is 2. The zero-order chi connectivity index (χ0) is 34.7. The number of piperidine rings is 2. The molecule has 0 saturated carbocycles. The van der Waals surface area contributed by atoms with Crippen molar-refractivity contribution in [1.29, 1.82) is 0 Å². The lowest BCUT2D eigenvalue weighted by Gasteiger charge is -2.38. The molecule has 3 atom stereocenters. The van der Waals surface area contributed by atoms with Gasteiger partial charge in [-0.1, -0.05) is 34.5 Å². The molecule has 0 spiro atoms. The summed E-state index contributed by atoms with van der Waals surface area (Å²) >= 11 is 13.8. The van der Waals surface area contributed by atoms with Gasteiger partial charge >= 0.3 is 5.97 Å². The average molecular weight is 734 g/mol. The standard InChI is InChI=1S/C34H46Cl2N8O4S/c1-5-48-33(46)32-30(24-16-38-27(17-37-24)43-13-11-42(12-14-43)19-22-7-6-9-41(3)18-22)40-34(49-32)44-10-8-23(26(20-44)47-4)15-25(45)31-29(36)28(35)21(2)39-31/h16-17,22-23,26,39H,5-15,18-20H2,1-4H3/t22?,23-,26-/m0/s1. The van der Waals surface area contributed by atoms with Crippen LogP contribution in [0.25, 0.3) is 11.4 Å². The van der Waals surface area contributed by atoms with Gasteiger partial charge in [-0.2, -0.15) is 0 Å². The molecule has 1 N–H and O–H groups in total. The molecule has 0 amide bonds. The van der Waals surface area contributed by atoms with E-state index < -0.39 is 5.97 Å². The van der Waals surface area contributed by atoms with Crippen LogP contribution in [0.2, 0.25) is 10.0 Å². The molecule has 3 aliphatic rings. The van der Waals surface area contributed by atoms with Gasteiger partial charge in [0.15, 0.2) is 10.9 Å². The highest BCUT2D eigenvalue weighted by molar-refractivity contribution is 7.17. The summed E-state index contributed by atoms with van der Waals surface area (Å²) in [4.78, 5) is 53.5. The first-order valence-electron chi connectivity index (χ1n) is 17.2. The topological polar surface area (TPSA) is 120 Å². The minimum absolute atomic E-state index is 0.0228. The Morgan fingerprint density at radius 3 is 2.47 bits per heavy atom. The van der Waals surface area contributed by atoms with Gasteiger partial charge in [-0.15, -0.1) is 0 Å². The zero-order valence-electron chi connectivity index (χ0n) is 28.7. The highest BCUT2D eigenvalue weighted by Gasteiger charge is 2.35. The van der Waals surface area contributed by atoms with Gasteiger partial charge in [0.25, 0.3) is 0 Å². The van der Waals surface area contributed by atoms with Crippen LogP contribution in [0.15, 0.2) is 12.4 Å². The van der Waals surface area contributed by atoms with E-state index in [-0.39, 0.29) is 35.9 Å². The number of esters is 1. The number of ether oxygens (including phenoxy) is 2. The van der Waals surface area contributed by atoms with E-state index in [9.17, 15) is 9.59 Å². The fraction of sp³-hybridized carbons (Fsp3) is 0.618. The Bertz CT molecular complexity index is 1610. The Kier molecular flexibility index (Phi) is 11.8. The van der Waals surface area contributed by atoms with Crippen LogP contribution in [0, 0.1) is 18.8 Å². The van der Waals surface area contributed by atoms with E-state index >= 15 is 0 Å². The van der Waals surface area contributed by atoms with Crippen LogP contribution in [0.3, 0.4) is 0 Å². The summed E-state index contributed by atoms with van der Waals surface area (Å²) in [7, 11) is 3.87. The lowest BCUT2D eigenvalue weighted by molar-refractivity contribution is 0.0375. The summed E-state index contributed by atoms with van der Waals surface area (Å²) in [5, 5.41) is 1.30. The van der Waals surface area contributed by atoms with Crippen LogP contribution < -0.4 is 9.80 Å². The third-order valence-corrected chi connectivity index (χ3v) is 12.0. The van der Waals surface area contributed by atoms with Crippen molar-refractivity contribution in [2.75, 3.05) is 89.5 Å². The fourth-order valence-electron chi connectivity index (χ4n) is 7.25. The predicted molar refractivity (Wildman–Crippen MR) is 194 cm³/mol. The Hall–Kier alpha value is -2.81. The molecule has 3 aromatic heterocycles. The van der Waals surface area contributed by atoms with Gasteiger partial charge in [0.1, 0.15) is 27.8 Å². The molecule has 0 aliphatic carbocycles. The van der Waals surface area contributed by atoms with Crippen LogP contribution >= 0.6 is 34.5 Å². The van der Waals surface area contributed by atoms with Crippen LogP contribution in [-0.4, -0.2) is 127 Å². The Labute approximate surface area is 302 Å². The molecule has 3 aliphatic heterocycles. The van der Waals surface area contributed by atoms with Crippen molar-refractivity contribution in [3.05, 3.63) is 38.7 Å². The number of aromatic nitrogens is 4. The summed E-state index contributed by atoms with van der Waals surface area (Å²) in [6.45, 7) is 12.3. The van der Waals surface area contributed by atoms with E-state index in [1.54, 1.807) is 33.4 Å². The molecule has 49 heavy (non-hydrogen) atoms. The van der Waals surface area contributed by atoms with E-state index in [1.165, 1.54) is 37.3 Å². The zero-order valence-corrected chi connectivity index (χ0v) is 31.0. The largest absolute Gasteiger partial charge is 0.462 e. The number of hydrogen-bond donors (Lipinski definition) is 1. The molecule has 3 fully saturated rings. The fourth-order valence-corrected chi connectivity index (χ4v) is 8.69. The molecule has 3 aromatic rings. The molecular formula is C34H46Cl2N8O4S. The number of methoxy groups -OCH3 is 1. The van der Waals surface area contributed by atoms with Crippen molar-refractivity contribution in [3.63, 3.8) is 0 Å². The molecule has 15 heteroatoms. The highest BCUT2D eigenvalue weighted by atomic mass is 35.5. The second-order valence-corrected chi connectivity index (χ2v) is 15.1. The summed E-state index contributed by atoms with van der Waals surface area (Å²) in [6, 6.07) is 0. The number of hydrogen-bond acceptors (Lipinski definition) is 12. The van der Waals surface area contributed by atoms with Gasteiger partial charge < -0.3 is 29.2 Å². The number of thiazole rings is 1. The van der Waals surface area contributed by atoms with Gasteiger partial charge in [-0.3, -0.25) is 9.69 Å². The van der Waals surface area contributed by atoms with Gasteiger partial charge in [-0.25, -0.2) is 19.7 Å². The number of anilines is 2. The second-order valence-electron chi connectivity index (χ2n) is 13.4. The van der Waals surface area contributed by atoms with Crippen molar-refractivity contribution in [3.8, 4) is 11.4 Å². The predicted octanol–water partition coefficient (Wildman–Crippen LogP) is 5.30. The van der Waals surface area contributed by atoms with Crippen molar-refractivity contribution in [2.24, 2.45) is 11.8 Å². The number of ketones is 1. The summed E-state index contributed by atoms with van der Waals surface area (Å²) in [6.07, 6.45) is 6.82. The molecular weight excluding hydrogens is 687 g/mol. The summed E-state index contributed by atoms with van der Waals surface area (Å²) in [5.41, 5.74) is 1.98. The smallest absolute Gasteiger partial charge is 0.350 e. The van der Waals surface area contributed by atoms with Gasteiger partial charge in [0.2, 0.25) is 0 Å². The second kappa shape index (κ2) is 16.0. The van der Waals surface area contributed by atoms with Crippen molar-refractivity contribution in [2.45, 2.75) is 45.6 Å². The molecule has 266 valence electrons. The van der Waals surface area contributed by atoms with Gasteiger partial charge in [0, 0.05) is 71.6 Å². The number of piperazine rings is 1. The number of nitrogens with one attached hydrogen (secondary N) is 1. The first kappa shape index (κ1) is 36.0. The lowest BCUT2D eigenvalue weighted by atomic mass is 9.88. The molecule has 12 nitrogen and oxygen atoms in total. The summed E-state index contributed by atoms with van der Waals surface area (Å²) < 4.78 is 11.3. The van der Waals surface area contributed by atoms with Crippen LogP contribution in [0.1, 0.15) is 58.5 Å². The number of H-pyrrole nitrogens is 1. The molecule has 0 bridgehead atoms. The number of likely N-dealkylation sites (tertiary alicyclic amines) is 1. The molecule has 0 aromatic carbocycles. The average Bonchev–Trinajstić information content (AvgIpc) is 3.66. The summed E-state index contributed by atoms with van der Waals surface area (Å²) in [5.74, 6) is 1.01. The maximum Gasteiger partial charge on any atom is 0.350 e. The Morgan fingerprint density at radius 1 is 1.02 bits per heavy atom. The molecule has 0 radical (unpaired) electrons. The number of rotatable bonds is 11. The van der Waals surface area contributed by atoms with Crippen molar-refractivity contribution < 1.29 is 19.1 Å². The lowest BCUT2D eigenvalue weighted by Crippen LogP contribution is -2.49. The Morgan fingerprint density at radius 2 is 1.82 bits per heavy atom. The van der Waals surface area contributed by atoms with E-state index in [1.807, 2.05) is 0 Å². The number of aromatic amines is 1. The van der Waals surface area contributed by atoms with Crippen molar-refractivity contribution >= 4 is 57.2 Å². The van der Waals surface area contributed by atoms with E-state index in [2.05, 4.69) is 31.6 Å². The minimum Gasteiger partial charge on any atom is -0.462 e. The monoisotopic (exact) mass is 732 g/mol. The molecule has 3 saturated heterocycles. The number of nitrogens with zero attached hydrogens (tertiary/aromatic N) is 7. The minimum atomic E-state index is -0.437. The maximum absolute atomic E-state index is 13.2. The third kappa shape index (κ3) is 8.23. The maximum atomic E-state index is 13.2. The normalized spacial score (nSPS) is 22.4. The quantitative estimate of drug-likeness (QED) is 0.204. The number of carbonyl (C=O) groups is 2. The van der Waals surface area contributed by atoms with Gasteiger partial charge in [0.05, 0.1) is 35.1 Å². The van der Waals surface area contributed by atoms with E-state index in [0.29, 0.717) is 57.3 Å². The first-order chi connectivity index (χ1) is 23.6. The molecule has 6 heterocycles. The van der Waals surface area contributed by atoms with E-state index in [0.717, 1.165) is 44.5 Å². The SMILES string of the molecule is CCOC(=O)c1sc(N2CC[C@@H](CC(=O)c3[nH]c(C)c(Cl)c3Cl)[C@@H](OC)C2)nc1-c1cnc(N2CCN(CC3CCCN(C)C3)CC2)cn1. The number of Topliss-reactive ketones (excluding diaryl/α,β-unsaturated/α-hetero) is 1.